The SMILES string of the molecule is CCCCC(C)Nc1cc([N+](=O)[O-])cc(NCC)n1. The van der Waals surface area contributed by atoms with Crippen LogP contribution in [-0.2, 0) is 0 Å². The van der Waals surface area contributed by atoms with Crippen LogP contribution in [0.25, 0.3) is 0 Å². The van der Waals surface area contributed by atoms with Gasteiger partial charge < -0.3 is 10.6 Å². The molecule has 0 aromatic carbocycles. The summed E-state index contributed by atoms with van der Waals surface area (Å²) >= 11 is 0. The zero-order valence-electron chi connectivity index (χ0n) is 11.8. The third-order valence-corrected chi connectivity index (χ3v) is 2.76. The van der Waals surface area contributed by atoms with Crippen molar-refractivity contribution in [2.24, 2.45) is 0 Å². The average Bonchev–Trinajstić information content (AvgIpc) is 2.36. The molecule has 106 valence electrons. The van der Waals surface area contributed by atoms with Crippen LogP contribution < -0.4 is 10.6 Å². The molecule has 0 aliphatic rings. The highest BCUT2D eigenvalue weighted by molar-refractivity contribution is 5.54. The summed E-state index contributed by atoms with van der Waals surface area (Å²) in [6, 6.07) is 3.18. The number of nitro groups is 1. The van der Waals surface area contributed by atoms with E-state index in [2.05, 4.69) is 29.5 Å². The van der Waals surface area contributed by atoms with Crippen molar-refractivity contribution in [3.05, 3.63) is 22.2 Å². The van der Waals surface area contributed by atoms with Gasteiger partial charge >= 0.3 is 0 Å². The molecule has 1 aromatic heterocycles. The van der Waals surface area contributed by atoms with Gasteiger partial charge in [-0.25, -0.2) is 4.98 Å². The van der Waals surface area contributed by atoms with Gasteiger partial charge in [-0.3, -0.25) is 10.1 Å². The lowest BCUT2D eigenvalue weighted by molar-refractivity contribution is -0.384. The standard InChI is InChI=1S/C13H22N4O2/c1-4-6-7-10(3)15-13-9-11(17(18)19)8-12(16-13)14-5-2/h8-10H,4-7H2,1-3H3,(H2,14,15,16). The van der Waals surface area contributed by atoms with Crippen molar-refractivity contribution in [2.45, 2.75) is 46.1 Å². The Labute approximate surface area is 113 Å². The average molecular weight is 266 g/mol. The number of hydrogen-bond donors (Lipinski definition) is 2. The number of pyridine rings is 1. The molecule has 6 heteroatoms. The molecule has 0 fully saturated rings. The third-order valence-electron chi connectivity index (χ3n) is 2.76. The quantitative estimate of drug-likeness (QED) is 0.556. The highest BCUT2D eigenvalue weighted by Gasteiger charge is 2.12. The summed E-state index contributed by atoms with van der Waals surface area (Å²) in [5, 5.41) is 17.1. The van der Waals surface area contributed by atoms with E-state index in [-0.39, 0.29) is 11.7 Å². The zero-order valence-corrected chi connectivity index (χ0v) is 11.8. The van der Waals surface area contributed by atoms with Crippen molar-refractivity contribution in [3.8, 4) is 0 Å². The van der Waals surface area contributed by atoms with E-state index in [1.165, 1.54) is 12.1 Å². The fourth-order valence-corrected chi connectivity index (χ4v) is 1.80. The number of nitrogens with one attached hydrogen (secondary N) is 2. The molecule has 1 unspecified atom stereocenters. The minimum absolute atomic E-state index is 0.0520. The summed E-state index contributed by atoms with van der Waals surface area (Å²) in [5.74, 6) is 1.08. The number of aromatic nitrogens is 1. The summed E-state index contributed by atoms with van der Waals surface area (Å²) in [7, 11) is 0. The summed E-state index contributed by atoms with van der Waals surface area (Å²) in [5.41, 5.74) is 0.0520. The topological polar surface area (TPSA) is 80.1 Å². The van der Waals surface area contributed by atoms with Crippen molar-refractivity contribution in [2.75, 3.05) is 17.2 Å². The first kappa shape index (κ1) is 15.2. The molecular formula is C13H22N4O2. The van der Waals surface area contributed by atoms with Crippen LogP contribution in [0, 0.1) is 10.1 Å². The first-order valence-electron chi connectivity index (χ1n) is 6.73. The molecule has 0 saturated carbocycles. The molecule has 2 N–H and O–H groups in total. The Balaban J connectivity index is 2.83. The van der Waals surface area contributed by atoms with Gasteiger partial charge in [0.05, 0.1) is 17.1 Å². The minimum atomic E-state index is -0.398. The third kappa shape index (κ3) is 5.11. The lowest BCUT2D eigenvalue weighted by Gasteiger charge is -2.14. The van der Waals surface area contributed by atoms with E-state index in [1.54, 1.807) is 0 Å². The van der Waals surface area contributed by atoms with Gasteiger partial charge in [0, 0.05) is 12.6 Å². The van der Waals surface area contributed by atoms with Crippen molar-refractivity contribution in [1.82, 2.24) is 4.98 Å². The highest BCUT2D eigenvalue weighted by atomic mass is 16.6. The summed E-state index contributed by atoms with van der Waals surface area (Å²) in [4.78, 5) is 14.8. The van der Waals surface area contributed by atoms with Crippen LogP contribution >= 0.6 is 0 Å². The Bertz CT molecular complexity index is 423. The monoisotopic (exact) mass is 266 g/mol. The van der Waals surface area contributed by atoms with E-state index in [0.717, 1.165) is 19.3 Å². The smallest absolute Gasteiger partial charge is 0.276 e. The minimum Gasteiger partial charge on any atom is -0.370 e. The van der Waals surface area contributed by atoms with Crippen molar-refractivity contribution in [3.63, 3.8) is 0 Å². The molecule has 1 aromatic rings. The lowest BCUT2D eigenvalue weighted by Crippen LogP contribution is -2.16. The van der Waals surface area contributed by atoms with E-state index in [9.17, 15) is 10.1 Å². The van der Waals surface area contributed by atoms with Gasteiger partial charge in [-0.15, -0.1) is 0 Å². The number of anilines is 2. The Kier molecular flexibility index (Phi) is 6.05. The van der Waals surface area contributed by atoms with Gasteiger partial charge in [-0.05, 0) is 20.3 Å². The van der Waals surface area contributed by atoms with Crippen molar-refractivity contribution in [1.29, 1.82) is 0 Å². The first-order valence-corrected chi connectivity index (χ1v) is 6.73. The molecular weight excluding hydrogens is 244 g/mol. The van der Waals surface area contributed by atoms with Gasteiger partial charge in [-0.2, -0.15) is 0 Å². The van der Waals surface area contributed by atoms with Gasteiger partial charge in [0.25, 0.3) is 5.69 Å². The molecule has 1 heterocycles. The predicted octanol–water partition coefficient (Wildman–Crippen LogP) is 3.41. The maximum Gasteiger partial charge on any atom is 0.276 e. The number of rotatable bonds is 8. The number of nitrogens with zero attached hydrogens (tertiary/aromatic N) is 2. The van der Waals surface area contributed by atoms with Crippen LogP contribution in [0.3, 0.4) is 0 Å². The van der Waals surface area contributed by atoms with Crippen molar-refractivity contribution < 1.29 is 4.92 Å². The second-order valence-electron chi connectivity index (χ2n) is 4.57. The second-order valence-corrected chi connectivity index (χ2v) is 4.57. The van der Waals surface area contributed by atoms with Gasteiger partial charge in [0.2, 0.25) is 0 Å². The van der Waals surface area contributed by atoms with E-state index < -0.39 is 4.92 Å². The number of unbranched alkanes of at least 4 members (excludes halogenated alkanes) is 1. The van der Waals surface area contributed by atoms with Crippen LogP contribution in [0.1, 0.15) is 40.0 Å². The molecule has 1 atom stereocenters. The first-order chi connectivity index (χ1) is 9.06. The van der Waals surface area contributed by atoms with Crippen molar-refractivity contribution >= 4 is 17.3 Å². The molecule has 1 rings (SSSR count). The molecule has 0 saturated heterocycles. The fourth-order valence-electron chi connectivity index (χ4n) is 1.80. The van der Waals surface area contributed by atoms with Crippen LogP contribution in [0.2, 0.25) is 0 Å². The van der Waals surface area contributed by atoms with E-state index in [4.69, 9.17) is 0 Å². The van der Waals surface area contributed by atoms with Crippen LogP contribution in [0.5, 0.6) is 0 Å². The summed E-state index contributed by atoms with van der Waals surface area (Å²) in [6.07, 6.45) is 3.29. The largest absolute Gasteiger partial charge is 0.370 e. The normalized spacial score (nSPS) is 11.9. The van der Waals surface area contributed by atoms with E-state index in [0.29, 0.717) is 18.2 Å². The zero-order chi connectivity index (χ0) is 14.3. The van der Waals surface area contributed by atoms with Crippen LogP contribution in [0.15, 0.2) is 12.1 Å². The van der Waals surface area contributed by atoms with E-state index in [1.807, 2.05) is 6.92 Å². The Morgan fingerprint density at radius 2 is 2.05 bits per heavy atom. The molecule has 0 bridgehead atoms. The molecule has 6 nitrogen and oxygen atoms in total. The van der Waals surface area contributed by atoms with Gasteiger partial charge in [0.15, 0.2) is 0 Å². The molecule has 0 spiro atoms. The molecule has 0 radical (unpaired) electrons. The van der Waals surface area contributed by atoms with Crippen LogP contribution in [-0.4, -0.2) is 22.5 Å². The fraction of sp³-hybridized carbons (Fsp3) is 0.615. The Morgan fingerprint density at radius 3 is 2.63 bits per heavy atom. The highest BCUT2D eigenvalue weighted by Crippen LogP contribution is 2.21. The van der Waals surface area contributed by atoms with Gasteiger partial charge in [0.1, 0.15) is 11.6 Å². The Hall–Kier alpha value is -1.85. The lowest BCUT2D eigenvalue weighted by atomic mass is 10.1. The number of hydrogen-bond acceptors (Lipinski definition) is 5. The maximum absolute atomic E-state index is 10.9. The molecule has 19 heavy (non-hydrogen) atoms. The molecule has 0 aliphatic carbocycles. The molecule has 0 amide bonds. The van der Waals surface area contributed by atoms with E-state index >= 15 is 0 Å². The van der Waals surface area contributed by atoms with Gasteiger partial charge in [-0.1, -0.05) is 19.8 Å². The second kappa shape index (κ2) is 7.56. The Morgan fingerprint density at radius 1 is 1.37 bits per heavy atom. The summed E-state index contributed by atoms with van der Waals surface area (Å²) < 4.78 is 0. The van der Waals surface area contributed by atoms with Crippen LogP contribution in [0.4, 0.5) is 17.3 Å². The maximum atomic E-state index is 10.9. The molecule has 0 aliphatic heterocycles. The summed E-state index contributed by atoms with van der Waals surface area (Å²) in [6.45, 7) is 6.81. The predicted molar refractivity (Wildman–Crippen MR) is 77.7 cm³/mol.